The molecule has 0 unspecified atom stereocenters. The van der Waals surface area contributed by atoms with Gasteiger partial charge < -0.3 is 10.6 Å². The molecule has 0 fully saturated rings. The number of nitrogens with zero attached hydrogens (tertiary/aromatic N) is 1. The second-order valence-electron chi connectivity index (χ2n) is 4.17. The number of nitrogens with two attached hydrogens (primary N) is 1. The number of benzene rings is 2. The number of hydrogen-bond donors (Lipinski definition) is 2. The molecule has 0 aromatic heterocycles. The second kappa shape index (κ2) is 3.23. The summed E-state index contributed by atoms with van der Waals surface area (Å²) in [6, 6.07) is 12.6. The molecule has 80 valence electrons. The SMILES string of the molecule is N=C(N)N1Cc2cccc3cccc(c23)C1. The topological polar surface area (TPSA) is 53.1 Å². The van der Waals surface area contributed by atoms with E-state index >= 15 is 0 Å². The highest BCUT2D eigenvalue weighted by Gasteiger charge is 2.18. The standard InChI is InChI=1S/C13H13N3/c14-13(15)16-7-10-5-1-3-9-4-2-6-11(8-16)12(9)10/h1-6H,7-8H2,(H3,14,15). The lowest BCUT2D eigenvalue weighted by Gasteiger charge is -2.29. The van der Waals surface area contributed by atoms with E-state index in [0.717, 1.165) is 13.1 Å². The molecule has 0 aliphatic carbocycles. The van der Waals surface area contributed by atoms with E-state index in [4.69, 9.17) is 11.1 Å². The van der Waals surface area contributed by atoms with Crippen molar-refractivity contribution in [3.8, 4) is 0 Å². The largest absolute Gasteiger partial charge is 0.370 e. The van der Waals surface area contributed by atoms with Crippen molar-refractivity contribution >= 4 is 16.7 Å². The summed E-state index contributed by atoms with van der Waals surface area (Å²) >= 11 is 0. The molecule has 0 spiro atoms. The lowest BCUT2D eigenvalue weighted by atomic mass is 9.95. The number of nitrogens with one attached hydrogen (secondary N) is 1. The molecule has 3 nitrogen and oxygen atoms in total. The fourth-order valence-electron chi connectivity index (χ4n) is 2.40. The first-order valence-electron chi connectivity index (χ1n) is 5.34. The van der Waals surface area contributed by atoms with E-state index in [1.165, 1.54) is 21.9 Å². The van der Waals surface area contributed by atoms with E-state index in [2.05, 4.69) is 36.4 Å². The Bertz CT molecular complexity index is 534. The van der Waals surface area contributed by atoms with Crippen molar-refractivity contribution in [1.29, 1.82) is 5.41 Å². The maximum atomic E-state index is 7.53. The summed E-state index contributed by atoms with van der Waals surface area (Å²) in [5.41, 5.74) is 8.08. The molecule has 0 saturated heterocycles. The van der Waals surface area contributed by atoms with Gasteiger partial charge >= 0.3 is 0 Å². The zero-order chi connectivity index (χ0) is 11.1. The van der Waals surface area contributed by atoms with Crippen molar-refractivity contribution in [2.75, 3.05) is 0 Å². The Morgan fingerprint density at radius 3 is 2.12 bits per heavy atom. The zero-order valence-electron chi connectivity index (χ0n) is 8.90. The first-order valence-corrected chi connectivity index (χ1v) is 5.34. The minimum Gasteiger partial charge on any atom is -0.370 e. The molecule has 2 aromatic carbocycles. The lowest BCUT2D eigenvalue weighted by molar-refractivity contribution is 0.393. The molecule has 3 N–H and O–H groups in total. The highest BCUT2D eigenvalue weighted by molar-refractivity contribution is 5.90. The average Bonchev–Trinajstić information content (AvgIpc) is 2.29. The monoisotopic (exact) mass is 211 g/mol. The number of guanidine groups is 1. The van der Waals surface area contributed by atoms with Crippen LogP contribution in [0.15, 0.2) is 36.4 Å². The van der Waals surface area contributed by atoms with Crippen molar-refractivity contribution < 1.29 is 0 Å². The van der Waals surface area contributed by atoms with Gasteiger partial charge in [0.05, 0.1) is 0 Å². The minimum absolute atomic E-state index is 0.145. The Balaban J connectivity index is 2.23. The van der Waals surface area contributed by atoms with Gasteiger partial charge in [-0.05, 0) is 21.9 Å². The molecule has 1 aliphatic rings. The van der Waals surface area contributed by atoms with Crippen molar-refractivity contribution in [2.45, 2.75) is 13.1 Å². The molecule has 16 heavy (non-hydrogen) atoms. The molecular formula is C13H13N3. The van der Waals surface area contributed by atoms with E-state index in [1.54, 1.807) is 0 Å². The van der Waals surface area contributed by atoms with Crippen molar-refractivity contribution in [2.24, 2.45) is 5.73 Å². The molecule has 0 saturated carbocycles. The van der Waals surface area contributed by atoms with Crippen LogP contribution in [0, 0.1) is 5.41 Å². The van der Waals surface area contributed by atoms with Crippen LogP contribution in [0.1, 0.15) is 11.1 Å². The predicted molar refractivity (Wildman–Crippen MR) is 65.1 cm³/mol. The van der Waals surface area contributed by atoms with Gasteiger partial charge in [0, 0.05) is 13.1 Å². The maximum absolute atomic E-state index is 7.53. The van der Waals surface area contributed by atoms with Crippen LogP contribution in [0.25, 0.3) is 10.8 Å². The quantitative estimate of drug-likeness (QED) is 0.517. The van der Waals surface area contributed by atoms with Crippen molar-refractivity contribution in [1.82, 2.24) is 4.90 Å². The van der Waals surface area contributed by atoms with Gasteiger partial charge in [-0.1, -0.05) is 36.4 Å². The Hall–Kier alpha value is -2.03. The van der Waals surface area contributed by atoms with E-state index in [-0.39, 0.29) is 5.96 Å². The Morgan fingerprint density at radius 1 is 1.06 bits per heavy atom. The normalized spacial score (nSPS) is 14.1. The molecule has 3 rings (SSSR count). The molecule has 1 aliphatic heterocycles. The molecular weight excluding hydrogens is 198 g/mol. The highest BCUT2D eigenvalue weighted by Crippen LogP contribution is 2.29. The molecule has 0 bridgehead atoms. The molecule has 1 heterocycles. The van der Waals surface area contributed by atoms with Crippen molar-refractivity contribution in [3.05, 3.63) is 47.5 Å². The number of hydrogen-bond acceptors (Lipinski definition) is 1. The van der Waals surface area contributed by atoms with E-state index in [0.29, 0.717) is 0 Å². The van der Waals surface area contributed by atoms with Gasteiger partial charge in [0.15, 0.2) is 5.96 Å². The molecule has 0 atom stereocenters. The minimum atomic E-state index is 0.145. The van der Waals surface area contributed by atoms with Crippen LogP contribution >= 0.6 is 0 Å². The van der Waals surface area contributed by atoms with Gasteiger partial charge in [-0.2, -0.15) is 0 Å². The predicted octanol–water partition coefficient (Wildman–Crippen LogP) is 2.05. The van der Waals surface area contributed by atoms with Crippen LogP contribution in [0.5, 0.6) is 0 Å². The van der Waals surface area contributed by atoms with E-state index < -0.39 is 0 Å². The zero-order valence-corrected chi connectivity index (χ0v) is 8.90. The van der Waals surface area contributed by atoms with Gasteiger partial charge in [0.2, 0.25) is 0 Å². The van der Waals surface area contributed by atoms with Crippen LogP contribution in [-0.4, -0.2) is 10.9 Å². The lowest BCUT2D eigenvalue weighted by Crippen LogP contribution is -2.37. The summed E-state index contributed by atoms with van der Waals surface area (Å²) in [6.07, 6.45) is 0. The fourth-order valence-corrected chi connectivity index (χ4v) is 2.40. The van der Waals surface area contributed by atoms with Crippen LogP contribution < -0.4 is 5.73 Å². The van der Waals surface area contributed by atoms with Crippen LogP contribution in [0.3, 0.4) is 0 Å². The fraction of sp³-hybridized carbons (Fsp3) is 0.154. The van der Waals surface area contributed by atoms with Crippen LogP contribution in [0.2, 0.25) is 0 Å². The molecule has 2 aromatic rings. The summed E-state index contributed by atoms with van der Waals surface area (Å²) in [5, 5.41) is 10.1. The summed E-state index contributed by atoms with van der Waals surface area (Å²) < 4.78 is 0. The van der Waals surface area contributed by atoms with E-state index in [9.17, 15) is 0 Å². The van der Waals surface area contributed by atoms with E-state index in [1.807, 2.05) is 4.90 Å². The van der Waals surface area contributed by atoms with Gasteiger partial charge in [-0.15, -0.1) is 0 Å². The molecule has 0 radical (unpaired) electrons. The van der Waals surface area contributed by atoms with Gasteiger partial charge in [0.1, 0.15) is 0 Å². The van der Waals surface area contributed by atoms with Crippen molar-refractivity contribution in [3.63, 3.8) is 0 Å². The first kappa shape index (κ1) is 9.21. The van der Waals surface area contributed by atoms with Gasteiger partial charge in [-0.3, -0.25) is 5.41 Å². The van der Waals surface area contributed by atoms with Crippen LogP contribution in [-0.2, 0) is 13.1 Å². The van der Waals surface area contributed by atoms with Crippen LogP contribution in [0.4, 0.5) is 0 Å². The summed E-state index contributed by atoms with van der Waals surface area (Å²) in [5.74, 6) is 0.145. The number of rotatable bonds is 0. The third-order valence-corrected chi connectivity index (χ3v) is 3.14. The first-order chi connectivity index (χ1) is 7.75. The average molecular weight is 211 g/mol. The smallest absolute Gasteiger partial charge is 0.188 e. The molecule has 3 heteroatoms. The third-order valence-electron chi connectivity index (χ3n) is 3.14. The molecule has 0 amide bonds. The maximum Gasteiger partial charge on any atom is 0.188 e. The second-order valence-corrected chi connectivity index (χ2v) is 4.17. The highest BCUT2D eigenvalue weighted by atomic mass is 15.2. The Morgan fingerprint density at radius 2 is 1.62 bits per heavy atom. The summed E-state index contributed by atoms with van der Waals surface area (Å²) in [4.78, 5) is 1.89. The van der Waals surface area contributed by atoms with Gasteiger partial charge in [-0.25, -0.2) is 0 Å². The summed E-state index contributed by atoms with van der Waals surface area (Å²) in [7, 11) is 0. The van der Waals surface area contributed by atoms with Gasteiger partial charge in [0.25, 0.3) is 0 Å². The Kier molecular flexibility index (Phi) is 1.86. The summed E-state index contributed by atoms with van der Waals surface area (Å²) in [6.45, 7) is 1.48. The Labute approximate surface area is 94.0 Å². The third kappa shape index (κ3) is 1.25.